The Morgan fingerprint density at radius 3 is 1.88 bits per heavy atom. The van der Waals surface area contributed by atoms with Gasteiger partial charge in [0.25, 0.3) is 0 Å². The summed E-state index contributed by atoms with van der Waals surface area (Å²) >= 11 is 3.57. The SMILES string of the molecule is CSc1ccc(C2CN(C)Cc3cc(Oc4ccnc(CN5CCCCC5)c4)ccc32)cc1.CSc1ccc(C2CN(C)Cc3cccc(Oc4cncc(CN5CCCCC5)c4)c32)cc1. The molecule has 4 aliphatic rings. The first-order chi connectivity index (χ1) is 32.4. The molecule has 0 N–H and O–H groups in total. The lowest BCUT2D eigenvalue weighted by Crippen LogP contribution is -2.31. The van der Waals surface area contributed by atoms with Crippen LogP contribution in [-0.4, -0.2) is 95.4 Å². The minimum absolute atomic E-state index is 0.287. The van der Waals surface area contributed by atoms with Gasteiger partial charge in [-0.15, -0.1) is 23.5 Å². The predicted octanol–water partition coefficient (Wildman–Crippen LogP) is 12.3. The summed E-state index contributed by atoms with van der Waals surface area (Å²) in [5.74, 6) is 4.22. The number of likely N-dealkylation sites (N-methyl/N-ethyl adjacent to an activating group) is 2. The molecule has 344 valence electrons. The molecule has 4 aromatic carbocycles. The molecule has 10 rings (SSSR count). The van der Waals surface area contributed by atoms with Gasteiger partial charge in [0.15, 0.2) is 0 Å². The minimum atomic E-state index is 0.287. The Labute approximate surface area is 402 Å². The summed E-state index contributed by atoms with van der Waals surface area (Å²) < 4.78 is 12.8. The fraction of sp³-hybridized carbons (Fsp3) is 0.393. The molecular formula is C56H66N6O2S2. The molecule has 2 unspecified atom stereocenters. The summed E-state index contributed by atoms with van der Waals surface area (Å²) in [4.78, 5) is 21.5. The van der Waals surface area contributed by atoms with Gasteiger partial charge in [-0.3, -0.25) is 19.8 Å². The van der Waals surface area contributed by atoms with Crippen molar-refractivity contribution < 1.29 is 9.47 Å². The third-order valence-electron chi connectivity index (χ3n) is 13.6. The molecule has 2 atom stereocenters. The molecule has 0 amide bonds. The highest BCUT2D eigenvalue weighted by atomic mass is 32.2. The van der Waals surface area contributed by atoms with Crippen molar-refractivity contribution >= 4 is 23.5 Å². The largest absolute Gasteiger partial charge is 0.457 e. The smallest absolute Gasteiger partial charge is 0.146 e. The van der Waals surface area contributed by atoms with Gasteiger partial charge >= 0.3 is 0 Å². The summed E-state index contributed by atoms with van der Waals surface area (Å²) in [6, 6.07) is 37.3. The molecule has 66 heavy (non-hydrogen) atoms. The van der Waals surface area contributed by atoms with Crippen molar-refractivity contribution in [1.29, 1.82) is 0 Å². The average molecular weight is 919 g/mol. The maximum absolute atomic E-state index is 6.53. The molecule has 0 spiro atoms. The van der Waals surface area contributed by atoms with Crippen LogP contribution < -0.4 is 9.47 Å². The molecular weight excluding hydrogens is 853 g/mol. The highest BCUT2D eigenvalue weighted by Crippen LogP contribution is 2.41. The lowest BCUT2D eigenvalue weighted by atomic mass is 9.84. The van der Waals surface area contributed by atoms with E-state index >= 15 is 0 Å². The fourth-order valence-electron chi connectivity index (χ4n) is 10.3. The number of thioether (sulfide) groups is 2. The van der Waals surface area contributed by atoms with E-state index in [9.17, 15) is 0 Å². The highest BCUT2D eigenvalue weighted by molar-refractivity contribution is 7.98. The van der Waals surface area contributed by atoms with Gasteiger partial charge in [-0.1, -0.05) is 55.3 Å². The summed E-state index contributed by atoms with van der Waals surface area (Å²) in [6.45, 7) is 10.5. The molecule has 6 heterocycles. The van der Waals surface area contributed by atoms with E-state index < -0.39 is 0 Å². The average Bonchev–Trinajstić information content (AvgIpc) is 3.34. The number of fused-ring (bicyclic) bond motifs is 2. The zero-order valence-electron chi connectivity index (χ0n) is 39.3. The third-order valence-corrected chi connectivity index (χ3v) is 15.1. The monoisotopic (exact) mass is 918 g/mol. The van der Waals surface area contributed by atoms with E-state index in [1.54, 1.807) is 23.5 Å². The van der Waals surface area contributed by atoms with Crippen molar-refractivity contribution in [2.24, 2.45) is 0 Å². The van der Waals surface area contributed by atoms with Gasteiger partial charge in [0, 0.05) is 84.9 Å². The number of rotatable bonds is 12. The summed E-state index contributed by atoms with van der Waals surface area (Å²) in [5, 5.41) is 0. The number of benzene rings is 4. The normalized spacial score (nSPS) is 19.3. The van der Waals surface area contributed by atoms with E-state index in [1.165, 1.54) is 113 Å². The Morgan fingerprint density at radius 2 is 1.20 bits per heavy atom. The molecule has 8 nitrogen and oxygen atoms in total. The first kappa shape index (κ1) is 46.4. The van der Waals surface area contributed by atoms with E-state index in [0.717, 1.165) is 68.0 Å². The molecule has 2 aromatic heterocycles. The topological polar surface area (TPSA) is 57.2 Å². The van der Waals surface area contributed by atoms with E-state index in [1.807, 2.05) is 24.7 Å². The molecule has 2 saturated heterocycles. The lowest BCUT2D eigenvalue weighted by molar-refractivity contribution is 0.218. The van der Waals surface area contributed by atoms with Gasteiger partial charge < -0.3 is 19.3 Å². The van der Waals surface area contributed by atoms with Gasteiger partial charge in [-0.05, 0) is 166 Å². The number of hydrogen-bond acceptors (Lipinski definition) is 10. The zero-order chi connectivity index (χ0) is 45.2. The molecule has 0 aliphatic carbocycles. The maximum atomic E-state index is 6.53. The number of pyridine rings is 2. The number of ether oxygens (including phenoxy) is 2. The summed E-state index contributed by atoms with van der Waals surface area (Å²) in [5.41, 5.74) is 10.5. The van der Waals surface area contributed by atoms with Crippen LogP contribution in [-0.2, 0) is 26.2 Å². The van der Waals surface area contributed by atoms with E-state index in [0.29, 0.717) is 5.92 Å². The fourth-order valence-corrected chi connectivity index (χ4v) is 11.1. The first-order valence-electron chi connectivity index (χ1n) is 24.0. The number of aromatic nitrogens is 2. The van der Waals surface area contributed by atoms with Crippen LogP contribution >= 0.6 is 23.5 Å². The van der Waals surface area contributed by atoms with Crippen LogP contribution in [0.3, 0.4) is 0 Å². The molecule has 0 bridgehead atoms. The standard InChI is InChI=1S/2C28H33N3OS/c1-30-18-22-16-24(8-11-27(22)28(20-30)21-6-9-26(33-2)10-7-21)32-25-12-13-29-23(17-25)19-31-14-4-3-5-15-31;1-30-19-23-7-6-8-27(28(23)26(20-30)22-9-11-25(33-2)12-10-22)32-24-15-21(16-29-17-24)18-31-13-4-3-5-14-31/h6-13,16-17,28H,3-5,14-15,18-20H2,1-2H3;6-12,15-17,26H,3-5,13-14,18-20H2,1-2H3. The van der Waals surface area contributed by atoms with Crippen LogP contribution in [0.2, 0.25) is 0 Å². The van der Waals surface area contributed by atoms with Crippen LogP contribution in [0.5, 0.6) is 23.0 Å². The lowest BCUT2D eigenvalue weighted by Gasteiger charge is -2.34. The Hall–Kier alpha value is -4.68. The summed E-state index contributed by atoms with van der Waals surface area (Å²) in [7, 11) is 4.41. The van der Waals surface area contributed by atoms with Crippen LogP contribution in [0.25, 0.3) is 0 Å². The van der Waals surface area contributed by atoms with Crippen LogP contribution in [0.15, 0.2) is 132 Å². The van der Waals surface area contributed by atoms with E-state index in [4.69, 9.17) is 9.47 Å². The second-order valence-electron chi connectivity index (χ2n) is 18.6. The van der Waals surface area contributed by atoms with Gasteiger partial charge in [0.1, 0.15) is 23.0 Å². The number of likely N-dealkylation sites (tertiary alicyclic amines) is 2. The Balaban J connectivity index is 0.000000166. The second-order valence-corrected chi connectivity index (χ2v) is 20.4. The van der Waals surface area contributed by atoms with E-state index in [-0.39, 0.29) is 5.92 Å². The predicted molar refractivity (Wildman–Crippen MR) is 273 cm³/mol. The van der Waals surface area contributed by atoms with Crippen molar-refractivity contribution in [2.75, 3.05) is 65.9 Å². The van der Waals surface area contributed by atoms with E-state index in [2.05, 4.69) is 153 Å². The molecule has 4 aliphatic heterocycles. The molecule has 2 fully saturated rings. The van der Waals surface area contributed by atoms with Crippen LogP contribution in [0, 0.1) is 0 Å². The highest BCUT2D eigenvalue weighted by Gasteiger charge is 2.29. The summed E-state index contributed by atoms with van der Waals surface area (Å²) in [6.07, 6.45) is 17.8. The zero-order valence-corrected chi connectivity index (χ0v) is 41.0. The first-order valence-corrected chi connectivity index (χ1v) is 26.4. The Kier molecular flexibility index (Phi) is 15.8. The third kappa shape index (κ3) is 11.9. The van der Waals surface area contributed by atoms with Gasteiger partial charge in [-0.25, -0.2) is 0 Å². The molecule has 0 saturated carbocycles. The molecule has 6 aromatic rings. The Morgan fingerprint density at radius 1 is 0.576 bits per heavy atom. The number of nitrogens with zero attached hydrogens (tertiary/aromatic N) is 6. The Bertz CT molecular complexity index is 2500. The minimum Gasteiger partial charge on any atom is -0.457 e. The van der Waals surface area contributed by atoms with Gasteiger partial charge in [0.2, 0.25) is 0 Å². The van der Waals surface area contributed by atoms with Crippen LogP contribution in [0.1, 0.15) is 95.0 Å². The van der Waals surface area contributed by atoms with Gasteiger partial charge in [-0.2, -0.15) is 0 Å². The quantitative estimate of drug-likeness (QED) is 0.111. The van der Waals surface area contributed by atoms with Crippen molar-refractivity contribution in [2.45, 2.75) is 86.3 Å². The van der Waals surface area contributed by atoms with Crippen molar-refractivity contribution in [1.82, 2.24) is 29.6 Å². The second kappa shape index (κ2) is 22.4. The van der Waals surface area contributed by atoms with Crippen molar-refractivity contribution in [3.8, 4) is 23.0 Å². The van der Waals surface area contributed by atoms with Gasteiger partial charge in [0.05, 0.1) is 11.9 Å². The van der Waals surface area contributed by atoms with Crippen molar-refractivity contribution in [3.63, 3.8) is 0 Å². The maximum Gasteiger partial charge on any atom is 0.146 e. The number of piperidine rings is 2. The van der Waals surface area contributed by atoms with Crippen LogP contribution in [0.4, 0.5) is 0 Å². The van der Waals surface area contributed by atoms with Crippen molar-refractivity contribution in [3.05, 3.63) is 166 Å². The molecule has 0 radical (unpaired) electrons. The number of hydrogen-bond donors (Lipinski definition) is 0. The molecule has 10 heteroatoms.